The number of piperazine rings is 1. The van der Waals surface area contributed by atoms with Crippen LogP contribution in [0, 0.1) is 0 Å². The standard InChI is InChI=1S/C22H21ClN6O3S/c1-25-20(30)17-11-28(10-13-4-6-15-16(9-13)26-12-27-19(15)24)21(31)22(32)29(17)8-2-3-14-5-7-18(23)33-14/h2-7,9,12,17H,8,10-11H2,1H3,(H,25,30)(H2,24,26,27). The zero-order valence-electron chi connectivity index (χ0n) is 17.7. The fourth-order valence-corrected chi connectivity index (χ4v) is 4.66. The first kappa shape index (κ1) is 22.7. The Kier molecular flexibility index (Phi) is 6.57. The van der Waals surface area contributed by atoms with E-state index in [1.54, 1.807) is 30.3 Å². The number of anilines is 1. The molecule has 1 fully saturated rings. The molecule has 11 heteroatoms. The predicted molar refractivity (Wildman–Crippen MR) is 127 cm³/mol. The maximum absolute atomic E-state index is 12.9. The zero-order chi connectivity index (χ0) is 23.5. The second-order valence-corrected chi connectivity index (χ2v) is 9.17. The number of nitrogen functional groups attached to an aromatic ring is 1. The molecular weight excluding hydrogens is 464 g/mol. The van der Waals surface area contributed by atoms with Gasteiger partial charge in [0.25, 0.3) is 0 Å². The number of hydrogen-bond acceptors (Lipinski definition) is 7. The van der Waals surface area contributed by atoms with Crippen molar-refractivity contribution in [2.45, 2.75) is 12.6 Å². The number of nitrogens with zero attached hydrogens (tertiary/aromatic N) is 4. The number of nitrogens with one attached hydrogen (secondary N) is 1. The summed E-state index contributed by atoms with van der Waals surface area (Å²) in [6, 6.07) is 8.19. The van der Waals surface area contributed by atoms with E-state index in [9.17, 15) is 14.4 Å². The summed E-state index contributed by atoms with van der Waals surface area (Å²) in [7, 11) is 1.50. The quantitative estimate of drug-likeness (QED) is 0.515. The molecule has 0 saturated carbocycles. The number of rotatable bonds is 6. The third-order valence-electron chi connectivity index (χ3n) is 5.33. The van der Waals surface area contributed by atoms with Crippen LogP contribution in [0.4, 0.5) is 5.82 Å². The lowest BCUT2D eigenvalue weighted by Gasteiger charge is -2.39. The smallest absolute Gasteiger partial charge is 0.313 e. The van der Waals surface area contributed by atoms with Crippen LogP contribution < -0.4 is 11.1 Å². The molecule has 1 aliphatic rings. The Morgan fingerprint density at radius 3 is 2.82 bits per heavy atom. The molecular formula is C22H21ClN6O3S. The fourth-order valence-electron chi connectivity index (χ4n) is 3.67. The van der Waals surface area contributed by atoms with E-state index >= 15 is 0 Å². The topological polar surface area (TPSA) is 122 Å². The van der Waals surface area contributed by atoms with Gasteiger partial charge < -0.3 is 20.9 Å². The lowest BCUT2D eigenvalue weighted by Crippen LogP contribution is -2.63. The Morgan fingerprint density at radius 2 is 2.09 bits per heavy atom. The SMILES string of the molecule is CNC(=O)C1CN(Cc2ccc3c(N)ncnc3c2)C(=O)C(=O)N1CC=Cc1ccc(Cl)s1. The normalized spacial score (nSPS) is 16.7. The van der Waals surface area contributed by atoms with Crippen molar-refractivity contribution >= 4 is 63.5 Å². The van der Waals surface area contributed by atoms with Crippen LogP contribution in [0.5, 0.6) is 0 Å². The molecule has 3 N–H and O–H groups in total. The predicted octanol–water partition coefficient (Wildman–Crippen LogP) is 1.93. The first-order chi connectivity index (χ1) is 15.9. The van der Waals surface area contributed by atoms with Crippen LogP contribution in [0.15, 0.2) is 42.7 Å². The summed E-state index contributed by atoms with van der Waals surface area (Å²) >= 11 is 7.33. The molecule has 1 saturated heterocycles. The van der Waals surface area contributed by atoms with Crippen molar-refractivity contribution in [1.29, 1.82) is 0 Å². The second kappa shape index (κ2) is 9.55. The van der Waals surface area contributed by atoms with Crippen LogP contribution in [0.1, 0.15) is 10.4 Å². The van der Waals surface area contributed by atoms with E-state index in [4.69, 9.17) is 17.3 Å². The second-order valence-electron chi connectivity index (χ2n) is 7.43. The molecule has 0 bridgehead atoms. The monoisotopic (exact) mass is 484 g/mol. The summed E-state index contributed by atoms with van der Waals surface area (Å²) in [5, 5.41) is 3.29. The number of thiophene rings is 1. The molecule has 0 aliphatic carbocycles. The van der Waals surface area contributed by atoms with Crippen molar-refractivity contribution in [2.24, 2.45) is 0 Å². The molecule has 0 spiro atoms. The number of fused-ring (bicyclic) bond motifs is 1. The minimum Gasteiger partial charge on any atom is -0.383 e. The molecule has 1 unspecified atom stereocenters. The van der Waals surface area contributed by atoms with Crippen molar-refractivity contribution < 1.29 is 14.4 Å². The summed E-state index contributed by atoms with van der Waals surface area (Å²) in [5.74, 6) is -1.36. The molecule has 0 radical (unpaired) electrons. The first-order valence-corrected chi connectivity index (χ1v) is 11.3. The molecule has 3 heterocycles. The van der Waals surface area contributed by atoms with E-state index in [1.165, 1.54) is 34.5 Å². The average molecular weight is 485 g/mol. The van der Waals surface area contributed by atoms with E-state index < -0.39 is 17.9 Å². The van der Waals surface area contributed by atoms with Gasteiger partial charge >= 0.3 is 11.8 Å². The highest BCUT2D eigenvalue weighted by molar-refractivity contribution is 7.16. The Morgan fingerprint density at radius 1 is 1.27 bits per heavy atom. The molecule has 9 nitrogen and oxygen atoms in total. The van der Waals surface area contributed by atoms with E-state index in [-0.39, 0.29) is 25.5 Å². The van der Waals surface area contributed by atoms with Crippen LogP contribution in [-0.4, -0.2) is 63.7 Å². The van der Waals surface area contributed by atoms with Gasteiger partial charge in [-0.1, -0.05) is 23.7 Å². The molecule has 3 amide bonds. The number of likely N-dealkylation sites (N-methyl/N-ethyl adjacent to an activating group) is 1. The van der Waals surface area contributed by atoms with E-state index in [0.717, 1.165) is 10.4 Å². The van der Waals surface area contributed by atoms with Gasteiger partial charge in [-0.3, -0.25) is 14.4 Å². The minimum atomic E-state index is -0.810. The van der Waals surface area contributed by atoms with Crippen LogP contribution >= 0.6 is 22.9 Å². The van der Waals surface area contributed by atoms with Crippen molar-refractivity contribution in [3.8, 4) is 0 Å². The number of halogens is 1. The minimum absolute atomic E-state index is 0.0763. The van der Waals surface area contributed by atoms with Crippen LogP contribution in [0.25, 0.3) is 17.0 Å². The van der Waals surface area contributed by atoms with E-state index in [1.807, 2.05) is 12.1 Å². The van der Waals surface area contributed by atoms with Gasteiger partial charge in [0, 0.05) is 30.4 Å². The molecule has 3 aromatic rings. The first-order valence-electron chi connectivity index (χ1n) is 10.1. The van der Waals surface area contributed by atoms with Crippen molar-refractivity contribution in [3.63, 3.8) is 0 Å². The zero-order valence-corrected chi connectivity index (χ0v) is 19.3. The average Bonchev–Trinajstić information content (AvgIpc) is 3.22. The Labute approximate surface area is 198 Å². The molecule has 1 aromatic carbocycles. The highest BCUT2D eigenvalue weighted by atomic mass is 35.5. The van der Waals surface area contributed by atoms with Gasteiger partial charge in [-0.05, 0) is 35.9 Å². The number of hydrogen-bond donors (Lipinski definition) is 2. The van der Waals surface area contributed by atoms with Gasteiger partial charge in [0.2, 0.25) is 5.91 Å². The fraction of sp³-hybridized carbons (Fsp3) is 0.227. The molecule has 1 aliphatic heterocycles. The maximum Gasteiger partial charge on any atom is 0.313 e. The molecule has 1 atom stereocenters. The molecule has 2 aromatic heterocycles. The number of amides is 3. The number of aromatic nitrogens is 2. The van der Waals surface area contributed by atoms with Crippen LogP contribution in [0.2, 0.25) is 4.34 Å². The van der Waals surface area contributed by atoms with E-state index in [2.05, 4.69) is 15.3 Å². The number of carbonyl (C=O) groups excluding carboxylic acids is 3. The van der Waals surface area contributed by atoms with Gasteiger partial charge in [-0.25, -0.2) is 9.97 Å². The Balaban J connectivity index is 1.53. The summed E-state index contributed by atoms with van der Waals surface area (Å²) < 4.78 is 0.653. The summed E-state index contributed by atoms with van der Waals surface area (Å²) in [5.41, 5.74) is 7.27. The number of nitrogens with two attached hydrogens (primary N) is 1. The van der Waals surface area contributed by atoms with Gasteiger partial charge in [0.15, 0.2) is 0 Å². The lowest BCUT2D eigenvalue weighted by atomic mass is 10.1. The van der Waals surface area contributed by atoms with Gasteiger partial charge in [-0.2, -0.15) is 0 Å². The Hall–Kier alpha value is -3.50. The highest BCUT2D eigenvalue weighted by Crippen LogP contribution is 2.23. The number of carbonyl (C=O) groups is 3. The molecule has 33 heavy (non-hydrogen) atoms. The van der Waals surface area contributed by atoms with Gasteiger partial charge in [0.05, 0.1) is 16.4 Å². The van der Waals surface area contributed by atoms with Crippen LogP contribution in [-0.2, 0) is 20.9 Å². The third kappa shape index (κ3) is 4.81. The number of benzene rings is 1. The van der Waals surface area contributed by atoms with Crippen molar-refractivity contribution in [3.05, 3.63) is 57.5 Å². The summed E-state index contributed by atoms with van der Waals surface area (Å²) in [6.45, 7) is 0.361. The highest BCUT2D eigenvalue weighted by Gasteiger charge is 2.41. The Bertz CT molecular complexity index is 1260. The largest absolute Gasteiger partial charge is 0.383 e. The van der Waals surface area contributed by atoms with Crippen LogP contribution in [0.3, 0.4) is 0 Å². The molecule has 170 valence electrons. The maximum atomic E-state index is 12.9. The third-order valence-corrected chi connectivity index (χ3v) is 6.53. The van der Waals surface area contributed by atoms with Gasteiger partial charge in [-0.15, -0.1) is 11.3 Å². The lowest BCUT2D eigenvalue weighted by molar-refractivity contribution is -0.161. The van der Waals surface area contributed by atoms with Gasteiger partial charge in [0.1, 0.15) is 18.2 Å². The van der Waals surface area contributed by atoms with Crippen molar-refractivity contribution in [1.82, 2.24) is 25.1 Å². The molecule has 4 rings (SSSR count). The summed E-state index contributed by atoms with van der Waals surface area (Å²) in [4.78, 5) is 50.1. The van der Waals surface area contributed by atoms with E-state index in [0.29, 0.717) is 21.1 Å². The van der Waals surface area contributed by atoms with Crippen molar-refractivity contribution in [2.75, 3.05) is 25.9 Å². The summed E-state index contributed by atoms with van der Waals surface area (Å²) in [6.07, 6.45) is 4.92.